The van der Waals surface area contributed by atoms with Crippen LogP contribution in [-0.4, -0.2) is 84.3 Å². The van der Waals surface area contributed by atoms with Crippen molar-refractivity contribution in [3.8, 4) is 11.3 Å². The molecule has 1 unspecified atom stereocenters. The molecule has 5 rings (SSSR count). The Morgan fingerprint density at radius 1 is 1.16 bits per heavy atom. The van der Waals surface area contributed by atoms with Gasteiger partial charge in [-0.1, -0.05) is 16.8 Å². The molecule has 1 saturated carbocycles. The average molecular weight is 665 g/mol. The zero-order valence-electron chi connectivity index (χ0n) is 23.5. The number of ether oxygens (including phenoxy) is 2. The molecule has 9 nitrogen and oxygen atoms in total. The van der Waals surface area contributed by atoms with E-state index in [1.165, 1.54) is 18.0 Å². The minimum Gasteiger partial charge on any atom is -0.394 e. The zero-order chi connectivity index (χ0) is 32.0. The summed E-state index contributed by atoms with van der Waals surface area (Å²) >= 11 is 7.52. The van der Waals surface area contributed by atoms with E-state index in [0.717, 1.165) is 23.9 Å². The van der Waals surface area contributed by atoms with Crippen LogP contribution < -0.4 is 0 Å². The summed E-state index contributed by atoms with van der Waals surface area (Å²) < 4.78 is 82.6. The smallest absolute Gasteiger partial charge is 0.248 e. The van der Waals surface area contributed by atoms with Gasteiger partial charge in [-0.15, -0.1) is 16.9 Å². The van der Waals surface area contributed by atoms with Gasteiger partial charge in [0.25, 0.3) is 0 Å². The highest BCUT2D eigenvalue weighted by atomic mass is 35.5. The molecule has 3 heterocycles. The third-order valence-electron chi connectivity index (χ3n) is 8.06. The maximum absolute atomic E-state index is 14.2. The summed E-state index contributed by atoms with van der Waals surface area (Å²) in [6.45, 7) is 1.07. The highest BCUT2D eigenvalue weighted by molar-refractivity contribution is 8.00. The topological polar surface area (TPSA) is 123 Å². The second-order valence-corrected chi connectivity index (χ2v) is 12.7. The van der Waals surface area contributed by atoms with Gasteiger partial charge in [-0.25, -0.2) is 26.6 Å². The van der Waals surface area contributed by atoms with Gasteiger partial charge in [0.05, 0.1) is 34.4 Å². The molecule has 44 heavy (non-hydrogen) atoms. The molecule has 2 aliphatic rings. The van der Waals surface area contributed by atoms with E-state index in [1.54, 1.807) is 19.1 Å². The van der Waals surface area contributed by atoms with Crippen molar-refractivity contribution in [1.82, 2.24) is 20.0 Å². The number of aromatic nitrogens is 4. The van der Waals surface area contributed by atoms with Crippen LogP contribution in [0.15, 0.2) is 30.5 Å². The molecule has 1 aromatic carbocycles. The number of thioether (sulfide) groups is 1. The minimum absolute atomic E-state index is 0.0489. The van der Waals surface area contributed by atoms with Crippen LogP contribution in [0.2, 0.25) is 5.02 Å². The number of halogens is 6. The third kappa shape index (κ3) is 6.46. The van der Waals surface area contributed by atoms with E-state index < -0.39 is 83.5 Å². The van der Waals surface area contributed by atoms with E-state index in [2.05, 4.69) is 15.3 Å². The highest BCUT2D eigenvalue weighted by Gasteiger charge is 2.53. The van der Waals surface area contributed by atoms with Crippen molar-refractivity contribution in [3.63, 3.8) is 0 Å². The normalized spacial score (nSPS) is 27.3. The molecule has 1 saturated heterocycles. The SMILES string of the molecule is CO[C@@H]1[C@@H](n2cc(-c3cc(F)c(F)c(F)c3)nn2)[C@@H](O)[C@@H](CO)O[C@H]1SC(c1nc(C)ccc1Cl)C1(O)CCC(F)(F)CC1. The Balaban J connectivity index is 1.52. The van der Waals surface area contributed by atoms with Crippen LogP contribution in [0.1, 0.15) is 48.4 Å². The second-order valence-electron chi connectivity index (χ2n) is 11.0. The summed E-state index contributed by atoms with van der Waals surface area (Å²) in [5.41, 5.74) is -2.10. The molecule has 240 valence electrons. The van der Waals surface area contributed by atoms with Crippen molar-refractivity contribution < 1.29 is 46.7 Å². The van der Waals surface area contributed by atoms with Gasteiger partial charge in [-0.3, -0.25) is 4.98 Å². The number of benzene rings is 1. The summed E-state index contributed by atoms with van der Waals surface area (Å²) in [6.07, 6.45) is -4.08. The van der Waals surface area contributed by atoms with E-state index in [4.69, 9.17) is 21.1 Å². The van der Waals surface area contributed by atoms with Crippen LogP contribution in [0.3, 0.4) is 0 Å². The number of methoxy groups -OCH3 is 1. The lowest BCUT2D eigenvalue weighted by molar-refractivity contribution is -0.186. The summed E-state index contributed by atoms with van der Waals surface area (Å²) in [7, 11) is 1.33. The van der Waals surface area contributed by atoms with Gasteiger partial charge in [-0.2, -0.15) is 0 Å². The van der Waals surface area contributed by atoms with Crippen molar-refractivity contribution in [3.05, 3.63) is 64.3 Å². The van der Waals surface area contributed by atoms with Crippen LogP contribution in [0.4, 0.5) is 22.0 Å². The first kappa shape index (κ1) is 33.0. The first-order valence-electron chi connectivity index (χ1n) is 13.7. The Hall–Kier alpha value is -2.40. The van der Waals surface area contributed by atoms with Crippen LogP contribution in [0, 0.1) is 24.4 Å². The first-order valence-corrected chi connectivity index (χ1v) is 15.0. The lowest BCUT2D eigenvalue weighted by atomic mass is 9.79. The van der Waals surface area contributed by atoms with Gasteiger partial charge in [0.1, 0.15) is 35.5 Å². The number of alkyl halides is 2. The van der Waals surface area contributed by atoms with Crippen molar-refractivity contribution in [1.29, 1.82) is 0 Å². The fraction of sp³-hybridized carbons (Fsp3) is 0.536. The predicted octanol–water partition coefficient (Wildman–Crippen LogP) is 4.77. The summed E-state index contributed by atoms with van der Waals surface area (Å²) in [5, 5.41) is 40.2. The molecule has 0 radical (unpaired) electrons. The van der Waals surface area contributed by atoms with Crippen molar-refractivity contribution >= 4 is 23.4 Å². The maximum Gasteiger partial charge on any atom is 0.248 e. The van der Waals surface area contributed by atoms with Gasteiger partial charge in [0, 0.05) is 31.2 Å². The number of aliphatic hydroxyl groups is 3. The molecule has 0 bridgehead atoms. The molecular weight excluding hydrogens is 635 g/mol. The standard InChI is InChI=1S/C28H30ClF5N4O5S/c1-13-3-4-15(29)21(35-13)25(27(41)5-7-28(33,34)8-6-27)44-26-24(42-2)22(23(40)19(12-39)43-26)38-11-18(36-37-38)14-9-16(30)20(32)17(31)10-14/h3-4,9-11,19,22-26,39-41H,5-8,12H2,1-2H3/t19-,22+,23+,24-,25?,26+/m1/s1. The van der Waals surface area contributed by atoms with Crippen LogP contribution in [0.25, 0.3) is 11.3 Å². The molecule has 6 atom stereocenters. The van der Waals surface area contributed by atoms with Gasteiger partial charge >= 0.3 is 0 Å². The Labute approximate surface area is 258 Å². The molecular formula is C28H30ClF5N4O5S. The monoisotopic (exact) mass is 664 g/mol. The Bertz CT molecular complexity index is 1470. The number of pyridine rings is 1. The predicted molar refractivity (Wildman–Crippen MR) is 150 cm³/mol. The number of hydrogen-bond donors (Lipinski definition) is 3. The van der Waals surface area contributed by atoms with E-state index in [9.17, 15) is 37.3 Å². The average Bonchev–Trinajstić information content (AvgIpc) is 3.47. The van der Waals surface area contributed by atoms with Crippen LogP contribution in [0.5, 0.6) is 0 Å². The molecule has 2 aromatic heterocycles. The lowest BCUT2D eigenvalue weighted by Gasteiger charge is -2.47. The number of aliphatic hydroxyl groups excluding tert-OH is 2. The van der Waals surface area contributed by atoms with Crippen molar-refractivity contribution in [2.24, 2.45) is 0 Å². The molecule has 16 heteroatoms. The Morgan fingerprint density at radius 3 is 2.43 bits per heavy atom. The summed E-state index contributed by atoms with van der Waals surface area (Å²) in [5.74, 6) is -7.45. The highest BCUT2D eigenvalue weighted by Crippen LogP contribution is 2.53. The van der Waals surface area contributed by atoms with E-state index in [-0.39, 0.29) is 34.8 Å². The van der Waals surface area contributed by atoms with E-state index in [0.29, 0.717) is 5.69 Å². The number of nitrogens with zero attached hydrogens (tertiary/aromatic N) is 4. The minimum atomic E-state index is -2.94. The molecule has 1 aliphatic heterocycles. The largest absolute Gasteiger partial charge is 0.394 e. The van der Waals surface area contributed by atoms with E-state index >= 15 is 0 Å². The Kier molecular flexibility index (Phi) is 9.57. The van der Waals surface area contributed by atoms with Crippen molar-refractivity contribution in [2.75, 3.05) is 13.7 Å². The zero-order valence-corrected chi connectivity index (χ0v) is 25.1. The first-order chi connectivity index (χ1) is 20.8. The number of aryl methyl sites for hydroxylation is 1. The van der Waals surface area contributed by atoms with Crippen LogP contribution >= 0.6 is 23.4 Å². The molecule has 3 aromatic rings. The second kappa shape index (κ2) is 12.8. The summed E-state index contributed by atoms with van der Waals surface area (Å²) in [4.78, 5) is 4.52. The fourth-order valence-corrected chi connectivity index (χ4v) is 7.59. The Morgan fingerprint density at radius 2 is 1.82 bits per heavy atom. The molecule has 0 amide bonds. The van der Waals surface area contributed by atoms with E-state index in [1.807, 2.05) is 0 Å². The molecule has 3 N–H and O–H groups in total. The number of rotatable bonds is 8. The third-order valence-corrected chi connectivity index (χ3v) is 9.96. The maximum atomic E-state index is 14.2. The van der Waals surface area contributed by atoms with Gasteiger partial charge < -0.3 is 24.8 Å². The summed E-state index contributed by atoms with van der Waals surface area (Å²) in [6, 6.07) is 3.63. The molecule has 0 spiro atoms. The van der Waals surface area contributed by atoms with Gasteiger partial charge in [-0.05, 0) is 44.0 Å². The fourth-order valence-electron chi connectivity index (χ4n) is 5.62. The van der Waals surface area contributed by atoms with Crippen molar-refractivity contribution in [2.45, 2.75) is 79.2 Å². The quantitative estimate of drug-likeness (QED) is 0.231. The molecule has 2 fully saturated rings. The molecule has 1 aliphatic carbocycles. The van der Waals surface area contributed by atoms with Gasteiger partial charge in [0.15, 0.2) is 17.5 Å². The van der Waals surface area contributed by atoms with Crippen LogP contribution in [-0.2, 0) is 9.47 Å². The van der Waals surface area contributed by atoms with Gasteiger partial charge in [0.2, 0.25) is 5.92 Å². The number of hydrogen-bond acceptors (Lipinski definition) is 9. The lowest BCUT2D eigenvalue weighted by Crippen LogP contribution is -2.56.